The molecule has 1 aliphatic carbocycles. The molecule has 0 radical (unpaired) electrons. The average Bonchev–Trinajstić information content (AvgIpc) is 2.99. The number of halogens is 1. The third kappa shape index (κ3) is 6.50. The van der Waals surface area contributed by atoms with E-state index in [1.54, 1.807) is 72.8 Å². The third-order valence-electron chi connectivity index (χ3n) is 7.75. The van der Waals surface area contributed by atoms with Crippen LogP contribution in [0.5, 0.6) is 0 Å². The van der Waals surface area contributed by atoms with Gasteiger partial charge >= 0.3 is 0 Å². The van der Waals surface area contributed by atoms with E-state index in [1.807, 2.05) is 13.8 Å². The minimum Gasteiger partial charge on any atom is -0.345 e. The van der Waals surface area contributed by atoms with Gasteiger partial charge in [0.15, 0.2) is 0 Å². The summed E-state index contributed by atoms with van der Waals surface area (Å²) in [6, 6.07) is 27.0. The van der Waals surface area contributed by atoms with E-state index < -0.39 is 10.0 Å². The Kier molecular flexibility index (Phi) is 8.81. The first-order valence-electron chi connectivity index (χ1n) is 14.1. The highest BCUT2D eigenvalue weighted by Crippen LogP contribution is 2.31. The van der Waals surface area contributed by atoms with Gasteiger partial charge in [0.05, 0.1) is 28.7 Å². The van der Waals surface area contributed by atoms with E-state index in [0.717, 1.165) is 29.5 Å². The molecule has 0 fully saturated rings. The van der Waals surface area contributed by atoms with Crippen molar-refractivity contribution in [1.82, 2.24) is 5.32 Å². The lowest BCUT2D eigenvalue weighted by molar-refractivity contribution is 0.0936. The van der Waals surface area contributed by atoms with Crippen LogP contribution >= 0.6 is 11.6 Å². The molecule has 0 heterocycles. The molecule has 5 nitrogen and oxygen atoms in total. The molecule has 0 spiro atoms. The second-order valence-electron chi connectivity index (χ2n) is 10.6. The molecule has 1 atom stereocenters. The van der Waals surface area contributed by atoms with Crippen molar-refractivity contribution < 1.29 is 13.2 Å². The van der Waals surface area contributed by atoms with Crippen molar-refractivity contribution in [3.8, 4) is 0 Å². The van der Waals surface area contributed by atoms with Crippen molar-refractivity contribution >= 4 is 33.2 Å². The van der Waals surface area contributed by atoms with Crippen molar-refractivity contribution in [3.05, 3.63) is 129 Å². The molecule has 1 aliphatic rings. The van der Waals surface area contributed by atoms with Gasteiger partial charge in [-0.15, -0.1) is 0 Å². The molecule has 4 aromatic carbocycles. The number of carbonyl (C=O) groups excluding carboxylic acids is 1. The SMILES string of the molecule is CC[C@@H](NC(=O)c1ccccc1N(Cc1ccc(Cl)cc1)S(=O)(=O)c1ccc(C)cc1)c1ccc2c(c1)CCCC2. The highest BCUT2D eigenvalue weighted by molar-refractivity contribution is 7.92. The standard InChI is InChI=1S/C34H35ClN2O3S/c1-3-32(28-17-16-26-8-4-5-9-27(26)22-28)36-34(38)31-10-6-7-11-33(31)37(23-25-14-18-29(35)19-15-25)41(39,40)30-20-12-24(2)13-21-30/h6-7,10-22,32H,3-5,8-9,23H2,1-2H3,(H,36,38)/t32-/m1/s1. The molecular weight excluding hydrogens is 552 g/mol. The molecule has 4 aromatic rings. The van der Waals surface area contributed by atoms with E-state index in [9.17, 15) is 13.2 Å². The normalized spacial score (nSPS) is 13.7. The number of amides is 1. The molecule has 212 valence electrons. The first-order valence-corrected chi connectivity index (χ1v) is 15.9. The van der Waals surface area contributed by atoms with Gasteiger partial charge in [-0.2, -0.15) is 0 Å². The summed E-state index contributed by atoms with van der Waals surface area (Å²) in [6.45, 7) is 4.00. The van der Waals surface area contributed by atoms with Crippen LogP contribution in [0, 0.1) is 6.92 Å². The van der Waals surface area contributed by atoms with Crippen molar-refractivity contribution in [2.24, 2.45) is 0 Å². The summed E-state index contributed by atoms with van der Waals surface area (Å²) in [5.74, 6) is -0.314. The highest BCUT2D eigenvalue weighted by atomic mass is 35.5. The van der Waals surface area contributed by atoms with Gasteiger partial charge in [-0.05, 0) is 97.7 Å². The molecule has 0 aromatic heterocycles. The largest absolute Gasteiger partial charge is 0.345 e. The quantitative estimate of drug-likeness (QED) is 0.217. The lowest BCUT2D eigenvalue weighted by Gasteiger charge is -2.27. The molecule has 0 saturated heterocycles. The summed E-state index contributed by atoms with van der Waals surface area (Å²) in [4.78, 5) is 14.0. The van der Waals surface area contributed by atoms with Crippen molar-refractivity contribution in [2.45, 2.75) is 63.4 Å². The van der Waals surface area contributed by atoms with E-state index in [-0.39, 0.29) is 23.4 Å². The maximum absolute atomic E-state index is 14.1. The molecule has 1 amide bonds. The van der Waals surface area contributed by atoms with Crippen LogP contribution in [0.15, 0.2) is 95.9 Å². The molecule has 7 heteroatoms. The minimum atomic E-state index is -4.01. The van der Waals surface area contributed by atoms with Gasteiger partial charge in [-0.3, -0.25) is 9.10 Å². The van der Waals surface area contributed by atoms with E-state index >= 15 is 0 Å². The molecule has 1 N–H and O–H groups in total. The molecular formula is C34H35ClN2O3S. The van der Waals surface area contributed by atoms with Gasteiger partial charge in [-0.25, -0.2) is 8.42 Å². The lowest BCUT2D eigenvalue weighted by atomic mass is 9.88. The number of nitrogens with one attached hydrogen (secondary N) is 1. The average molecular weight is 587 g/mol. The zero-order chi connectivity index (χ0) is 29.0. The van der Waals surface area contributed by atoms with Crippen molar-refractivity contribution in [2.75, 3.05) is 4.31 Å². The van der Waals surface area contributed by atoms with Crippen molar-refractivity contribution in [1.29, 1.82) is 0 Å². The van der Waals surface area contributed by atoms with E-state index in [0.29, 0.717) is 22.7 Å². The number of para-hydroxylation sites is 1. The van der Waals surface area contributed by atoms with Crippen molar-refractivity contribution in [3.63, 3.8) is 0 Å². The molecule has 0 aliphatic heterocycles. The Morgan fingerprint density at radius 2 is 1.59 bits per heavy atom. The fraction of sp³-hybridized carbons (Fsp3) is 0.265. The van der Waals surface area contributed by atoms with Crippen LogP contribution in [0.25, 0.3) is 0 Å². The van der Waals surface area contributed by atoms with E-state index in [2.05, 4.69) is 23.5 Å². The molecule has 0 bridgehead atoms. The van der Waals surface area contributed by atoms with Crippen LogP contribution in [-0.2, 0) is 29.4 Å². The monoisotopic (exact) mass is 586 g/mol. The maximum Gasteiger partial charge on any atom is 0.264 e. The number of aryl methyl sites for hydroxylation is 3. The topological polar surface area (TPSA) is 66.5 Å². The van der Waals surface area contributed by atoms with Gasteiger partial charge in [0.25, 0.3) is 15.9 Å². The lowest BCUT2D eigenvalue weighted by Crippen LogP contribution is -2.34. The van der Waals surface area contributed by atoms with E-state index in [1.165, 1.54) is 28.3 Å². The number of hydrogen-bond acceptors (Lipinski definition) is 3. The van der Waals surface area contributed by atoms with Gasteiger partial charge in [0.2, 0.25) is 0 Å². The zero-order valence-corrected chi connectivity index (χ0v) is 25.0. The summed E-state index contributed by atoms with van der Waals surface area (Å²) in [5.41, 5.74) is 6.16. The van der Waals surface area contributed by atoms with Crippen LogP contribution < -0.4 is 9.62 Å². The summed E-state index contributed by atoms with van der Waals surface area (Å²) < 4.78 is 29.5. The predicted molar refractivity (Wildman–Crippen MR) is 166 cm³/mol. The second kappa shape index (κ2) is 12.5. The number of benzene rings is 4. The van der Waals surface area contributed by atoms with Crippen LogP contribution in [-0.4, -0.2) is 14.3 Å². The Balaban J connectivity index is 1.51. The van der Waals surface area contributed by atoms with Gasteiger partial charge in [-0.1, -0.05) is 78.7 Å². The number of anilines is 1. The second-order valence-corrected chi connectivity index (χ2v) is 12.9. The van der Waals surface area contributed by atoms with Crippen LogP contribution in [0.3, 0.4) is 0 Å². The first kappa shape index (κ1) is 28.9. The Bertz CT molecular complexity index is 1630. The van der Waals surface area contributed by atoms with Crippen LogP contribution in [0.1, 0.15) is 70.4 Å². The minimum absolute atomic E-state index is 0.0414. The Morgan fingerprint density at radius 1 is 0.902 bits per heavy atom. The Hall–Kier alpha value is -3.61. The van der Waals surface area contributed by atoms with Gasteiger partial charge in [0, 0.05) is 5.02 Å². The fourth-order valence-electron chi connectivity index (χ4n) is 5.40. The van der Waals surface area contributed by atoms with Crippen LogP contribution in [0.2, 0.25) is 5.02 Å². The molecule has 41 heavy (non-hydrogen) atoms. The number of carbonyl (C=O) groups is 1. The van der Waals surface area contributed by atoms with Gasteiger partial charge in [0.1, 0.15) is 0 Å². The maximum atomic E-state index is 14.1. The smallest absolute Gasteiger partial charge is 0.264 e. The zero-order valence-electron chi connectivity index (χ0n) is 23.4. The van der Waals surface area contributed by atoms with Gasteiger partial charge < -0.3 is 5.32 Å². The van der Waals surface area contributed by atoms with E-state index in [4.69, 9.17) is 11.6 Å². The Labute approximate surface area is 248 Å². The predicted octanol–water partition coefficient (Wildman–Crippen LogP) is 7.80. The fourth-order valence-corrected chi connectivity index (χ4v) is 7.00. The number of sulfonamides is 1. The Morgan fingerprint density at radius 3 is 2.29 bits per heavy atom. The summed E-state index contributed by atoms with van der Waals surface area (Å²) in [5, 5.41) is 3.76. The number of fused-ring (bicyclic) bond motifs is 1. The summed E-state index contributed by atoms with van der Waals surface area (Å²) >= 11 is 6.10. The van der Waals surface area contributed by atoms with Crippen LogP contribution in [0.4, 0.5) is 5.69 Å². The summed E-state index contributed by atoms with van der Waals surface area (Å²) in [7, 11) is -4.01. The number of nitrogens with zero attached hydrogens (tertiary/aromatic N) is 1. The number of hydrogen-bond donors (Lipinski definition) is 1. The summed E-state index contributed by atoms with van der Waals surface area (Å²) in [6.07, 6.45) is 5.28. The third-order valence-corrected chi connectivity index (χ3v) is 9.78. The highest BCUT2D eigenvalue weighted by Gasteiger charge is 2.29. The molecule has 0 unspecified atom stereocenters. The number of rotatable bonds is 9. The first-order chi connectivity index (χ1) is 19.8. The molecule has 5 rings (SSSR count). The molecule has 0 saturated carbocycles.